The Hall–Kier alpha value is -1.66. The van der Waals surface area contributed by atoms with Gasteiger partial charge in [-0.15, -0.1) is 0 Å². The van der Waals surface area contributed by atoms with E-state index in [1.165, 1.54) is 13.0 Å². The van der Waals surface area contributed by atoms with Crippen LogP contribution in [0.4, 0.5) is 8.78 Å². The fourth-order valence-electron chi connectivity index (χ4n) is 1.51. The van der Waals surface area contributed by atoms with E-state index in [4.69, 9.17) is 9.47 Å². The molecule has 1 unspecified atom stereocenters. The lowest BCUT2D eigenvalue weighted by atomic mass is 10.2. The molecule has 0 amide bonds. The Kier molecular flexibility index (Phi) is 2.76. The maximum Gasteiger partial charge on any atom is 0.358 e. The first-order valence-electron chi connectivity index (χ1n) is 5.23. The van der Waals surface area contributed by atoms with Crippen LogP contribution in [-0.2, 0) is 11.3 Å². The van der Waals surface area contributed by atoms with E-state index in [1.807, 2.05) is 0 Å². The molecule has 94 valence electrons. The number of esters is 1. The van der Waals surface area contributed by atoms with E-state index in [9.17, 15) is 13.6 Å². The predicted molar refractivity (Wildman–Crippen MR) is 53.2 cm³/mol. The van der Waals surface area contributed by atoms with Gasteiger partial charge in [0.15, 0.2) is 11.8 Å². The predicted octanol–water partition coefficient (Wildman–Crippen LogP) is 1.48. The summed E-state index contributed by atoms with van der Waals surface area (Å²) in [4.78, 5) is 11.4. The normalized spacial score (nSPS) is 21.5. The van der Waals surface area contributed by atoms with E-state index in [2.05, 4.69) is 5.10 Å². The Morgan fingerprint density at radius 2 is 2.47 bits per heavy atom. The Bertz CT molecular complexity index is 445. The van der Waals surface area contributed by atoms with Crippen molar-refractivity contribution in [1.29, 1.82) is 0 Å². The minimum atomic E-state index is -3.00. The van der Waals surface area contributed by atoms with Crippen LogP contribution in [0.2, 0.25) is 0 Å². The monoisotopic (exact) mass is 246 g/mol. The molecule has 1 aromatic rings. The Labute approximate surface area is 96.3 Å². The SMILES string of the molecule is CCOC(=O)c1cc2n(n1)CC(F)(F)C(C)O2. The number of fused-ring (bicyclic) bond motifs is 1. The summed E-state index contributed by atoms with van der Waals surface area (Å²) in [6.07, 6.45) is -1.23. The molecule has 17 heavy (non-hydrogen) atoms. The second kappa shape index (κ2) is 3.97. The van der Waals surface area contributed by atoms with Crippen molar-refractivity contribution in [2.24, 2.45) is 0 Å². The second-order valence-electron chi connectivity index (χ2n) is 3.77. The van der Waals surface area contributed by atoms with Gasteiger partial charge in [0.2, 0.25) is 5.88 Å². The standard InChI is InChI=1S/C10H12F2N2O3/c1-3-16-9(15)7-4-8-14(13-7)5-10(11,12)6(2)17-8/h4,6H,3,5H2,1-2H3. The van der Waals surface area contributed by atoms with Gasteiger partial charge in [-0.1, -0.05) is 0 Å². The lowest BCUT2D eigenvalue weighted by Crippen LogP contribution is -2.44. The van der Waals surface area contributed by atoms with E-state index < -0.39 is 24.5 Å². The number of carbonyl (C=O) groups is 1. The maximum atomic E-state index is 13.3. The summed E-state index contributed by atoms with van der Waals surface area (Å²) in [5.74, 6) is -3.48. The van der Waals surface area contributed by atoms with Gasteiger partial charge in [-0.2, -0.15) is 5.10 Å². The second-order valence-corrected chi connectivity index (χ2v) is 3.77. The van der Waals surface area contributed by atoms with Gasteiger partial charge in [0.1, 0.15) is 6.54 Å². The van der Waals surface area contributed by atoms with Crippen molar-refractivity contribution in [2.75, 3.05) is 6.61 Å². The van der Waals surface area contributed by atoms with Crippen molar-refractivity contribution in [3.63, 3.8) is 0 Å². The molecule has 2 heterocycles. The van der Waals surface area contributed by atoms with Gasteiger partial charge in [-0.3, -0.25) is 0 Å². The summed E-state index contributed by atoms with van der Waals surface area (Å²) in [7, 11) is 0. The van der Waals surface area contributed by atoms with Crippen molar-refractivity contribution in [1.82, 2.24) is 9.78 Å². The van der Waals surface area contributed by atoms with Crippen molar-refractivity contribution < 1.29 is 23.0 Å². The molecule has 0 aromatic carbocycles. The summed E-state index contributed by atoms with van der Waals surface area (Å²) in [5, 5.41) is 3.74. The lowest BCUT2D eigenvalue weighted by Gasteiger charge is -2.29. The molecule has 0 fully saturated rings. The maximum absolute atomic E-state index is 13.3. The number of hydrogen-bond acceptors (Lipinski definition) is 4. The zero-order valence-corrected chi connectivity index (χ0v) is 9.44. The fourth-order valence-corrected chi connectivity index (χ4v) is 1.51. The molecule has 0 spiro atoms. The third kappa shape index (κ3) is 2.09. The Morgan fingerprint density at radius 1 is 1.76 bits per heavy atom. The summed E-state index contributed by atoms with van der Waals surface area (Å²) < 4.78 is 37.4. The molecule has 1 aromatic heterocycles. The van der Waals surface area contributed by atoms with E-state index in [1.54, 1.807) is 6.92 Å². The first-order valence-corrected chi connectivity index (χ1v) is 5.23. The van der Waals surface area contributed by atoms with E-state index in [-0.39, 0.29) is 18.2 Å². The highest BCUT2D eigenvalue weighted by atomic mass is 19.3. The minimum absolute atomic E-state index is 0.0215. The fraction of sp³-hybridized carbons (Fsp3) is 0.600. The molecular weight excluding hydrogens is 234 g/mol. The van der Waals surface area contributed by atoms with Crippen LogP contribution in [0.25, 0.3) is 0 Å². The van der Waals surface area contributed by atoms with Crippen LogP contribution >= 0.6 is 0 Å². The first kappa shape index (κ1) is 11.8. The number of carbonyl (C=O) groups excluding carboxylic acids is 1. The number of aromatic nitrogens is 2. The molecule has 1 atom stereocenters. The zero-order chi connectivity index (χ0) is 12.6. The third-order valence-corrected chi connectivity index (χ3v) is 2.48. The van der Waals surface area contributed by atoms with Crippen LogP contribution in [0.5, 0.6) is 5.88 Å². The van der Waals surface area contributed by atoms with E-state index in [0.717, 1.165) is 4.68 Å². The molecule has 2 rings (SSSR count). The smallest absolute Gasteiger partial charge is 0.358 e. The molecule has 5 nitrogen and oxygen atoms in total. The zero-order valence-electron chi connectivity index (χ0n) is 9.44. The molecule has 0 saturated carbocycles. The summed E-state index contributed by atoms with van der Waals surface area (Å²) >= 11 is 0. The van der Waals surface area contributed by atoms with Gasteiger partial charge in [-0.05, 0) is 13.8 Å². The van der Waals surface area contributed by atoms with Crippen molar-refractivity contribution >= 4 is 5.97 Å². The van der Waals surface area contributed by atoms with Gasteiger partial charge >= 0.3 is 11.9 Å². The molecular formula is C10H12F2N2O3. The minimum Gasteiger partial charge on any atom is -0.468 e. The Morgan fingerprint density at radius 3 is 3.12 bits per heavy atom. The lowest BCUT2D eigenvalue weighted by molar-refractivity contribution is -0.124. The van der Waals surface area contributed by atoms with E-state index in [0.29, 0.717) is 0 Å². The number of nitrogens with zero attached hydrogens (tertiary/aromatic N) is 2. The van der Waals surface area contributed by atoms with Crippen LogP contribution in [0.3, 0.4) is 0 Å². The molecule has 0 bridgehead atoms. The molecule has 7 heteroatoms. The van der Waals surface area contributed by atoms with Crippen LogP contribution in [0.15, 0.2) is 6.07 Å². The van der Waals surface area contributed by atoms with Crippen LogP contribution < -0.4 is 4.74 Å². The van der Waals surface area contributed by atoms with Gasteiger partial charge in [0, 0.05) is 6.07 Å². The molecule has 0 saturated heterocycles. The van der Waals surface area contributed by atoms with Crippen LogP contribution in [0, 0.1) is 0 Å². The Balaban J connectivity index is 2.26. The highest BCUT2D eigenvalue weighted by Crippen LogP contribution is 2.32. The van der Waals surface area contributed by atoms with Crippen LogP contribution in [-0.4, -0.2) is 34.4 Å². The highest BCUT2D eigenvalue weighted by Gasteiger charge is 2.44. The molecule has 1 aliphatic rings. The third-order valence-electron chi connectivity index (χ3n) is 2.48. The number of alkyl halides is 2. The molecule has 0 radical (unpaired) electrons. The topological polar surface area (TPSA) is 53.4 Å². The number of hydrogen-bond donors (Lipinski definition) is 0. The number of rotatable bonds is 2. The average Bonchev–Trinajstić information content (AvgIpc) is 2.61. The highest BCUT2D eigenvalue weighted by molar-refractivity contribution is 5.87. The summed E-state index contributed by atoms with van der Waals surface area (Å²) in [6, 6.07) is 1.31. The number of halogens is 2. The number of ether oxygens (including phenoxy) is 2. The van der Waals surface area contributed by atoms with Gasteiger partial charge in [0.25, 0.3) is 0 Å². The largest absolute Gasteiger partial charge is 0.468 e. The summed E-state index contributed by atoms with van der Waals surface area (Å²) in [5.41, 5.74) is -0.0215. The van der Waals surface area contributed by atoms with Gasteiger partial charge < -0.3 is 9.47 Å². The van der Waals surface area contributed by atoms with Crippen molar-refractivity contribution in [3.05, 3.63) is 11.8 Å². The summed E-state index contributed by atoms with van der Waals surface area (Å²) in [6.45, 7) is 2.54. The molecule has 1 aliphatic heterocycles. The van der Waals surface area contributed by atoms with Crippen LogP contribution in [0.1, 0.15) is 24.3 Å². The quantitative estimate of drug-likeness (QED) is 0.741. The van der Waals surface area contributed by atoms with E-state index >= 15 is 0 Å². The van der Waals surface area contributed by atoms with Gasteiger partial charge in [-0.25, -0.2) is 18.3 Å². The average molecular weight is 246 g/mol. The molecule has 0 aliphatic carbocycles. The van der Waals surface area contributed by atoms with Crippen molar-refractivity contribution in [2.45, 2.75) is 32.4 Å². The first-order chi connectivity index (χ1) is 7.94. The molecule has 0 N–H and O–H groups in total. The van der Waals surface area contributed by atoms with Gasteiger partial charge in [0.05, 0.1) is 6.61 Å². The van der Waals surface area contributed by atoms with Crippen molar-refractivity contribution in [3.8, 4) is 5.88 Å².